The summed E-state index contributed by atoms with van der Waals surface area (Å²) in [6, 6.07) is 11.5. The third kappa shape index (κ3) is 2.34. The molecule has 4 heteroatoms. The molecule has 4 nitrogen and oxygen atoms in total. The molecule has 3 rings (SSSR count). The van der Waals surface area contributed by atoms with Crippen LogP contribution in [-0.2, 0) is 6.54 Å². The molecule has 19 heavy (non-hydrogen) atoms. The fourth-order valence-corrected chi connectivity index (χ4v) is 2.20. The van der Waals surface area contributed by atoms with Gasteiger partial charge in [0.25, 0.3) is 0 Å². The first-order chi connectivity index (χ1) is 9.24. The fraction of sp³-hybridized carbons (Fsp3) is 0.267. The maximum Gasteiger partial charge on any atom is 0.196 e. The highest BCUT2D eigenvalue weighted by molar-refractivity contribution is 5.91. The summed E-state index contributed by atoms with van der Waals surface area (Å²) in [4.78, 5) is 13.4. The van der Waals surface area contributed by atoms with Crippen LogP contribution in [0.2, 0.25) is 0 Å². The van der Waals surface area contributed by atoms with Gasteiger partial charge in [0.05, 0.1) is 6.54 Å². The summed E-state index contributed by atoms with van der Waals surface area (Å²) >= 11 is 0. The summed E-state index contributed by atoms with van der Waals surface area (Å²) in [6.45, 7) is 3.57. The molecule has 1 aromatic carbocycles. The number of fused-ring (bicyclic) bond motifs is 1. The van der Waals surface area contributed by atoms with Crippen molar-refractivity contribution in [3.8, 4) is 5.75 Å². The average Bonchev–Trinajstić information content (AvgIpc) is 2.80. The van der Waals surface area contributed by atoms with Crippen LogP contribution in [0.25, 0.3) is 0 Å². The summed E-state index contributed by atoms with van der Waals surface area (Å²) in [5, 5.41) is 0. The maximum absolute atomic E-state index is 11.3. The number of hydrogen-bond donors (Lipinski definition) is 0. The number of hydrogen-bond acceptors (Lipinski definition) is 4. The van der Waals surface area contributed by atoms with E-state index in [1.54, 1.807) is 6.07 Å². The molecule has 98 valence electrons. The molecule has 2 heterocycles. The number of para-hydroxylation sites is 1. The van der Waals surface area contributed by atoms with Gasteiger partial charge in [-0.25, -0.2) is 0 Å². The molecule has 0 aliphatic carbocycles. The van der Waals surface area contributed by atoms with Crippen molar-refractivity contribution in [1.29, 1.82) is 0 Å². The van der Waals surface area contributed by atoms with E-state index in [2.05, 4.69) is 4.90 Å². The van der Waals surface area contributed by atoms with Gasteiger partial charge in [-0.1, -0.05) is 18.2 Å². The van der Waals surface area contributed by atoms with Gasteiger partial charge in [-0.3, -0.25) is 4.79 Å². The van der Waals surface area contributed by atoms with Crippen molar-refractivity contribution in [3.63, 3.8) is 0 Å². The molecule has 0 amide bonds. The Labute approximate surface area is 111 Å². The number of anilines is 1. The van der Waals surface area contributed by atoms with Crippen molar-refractivity contribution in [2.24, 2.45) is 0 Å². The predicted octanol–water partition coefficient (Wildman–Crippen LogP) is 2.88. The van der Waals surface area contributed by atoms with E-state index in [4.69, 9.17) is 9.15 Å². The molecule has 0 saturated heterocycles. The second-order valence-corrected chi connectivity index (χ2v) is 4.57. The molecule has 1 aromatic heterocycles. The average molecular weight is 257 g/mol. The second-order valence-electron chi connectivity index (χ2n) is 4.57. The van der Waals surface area contributed by atoms with Gasteiger partial charge in [-0.2, -0.15) is 0 Å². The summed E-state index contributed by atoms with van der Waals surface area (Å²) in [5.41, 5.74) is 1.13. The zero-order chi connectivity index (χ0) is 13.2. The predicted molar refractivity (Wildman–Crippen MR) is 71.7 cm³/mol. The number of Topliss-reactive ketones (excluding diaryl/α,β-unsaturated/α-hetero) is 1. The Hall–Kier alpha value is -2.23. The fourth-order valence-electron chi connectivity index (χ4n) is 2.20. The molecule has 0 spiro atoms. The van der Waals surface area contributed by atoms with Crippen molar-refractivity contribution < 1.29 is 13.9 Å². The molecule has 0 unspecified atom stereocenters. The Kier molecular flexibility index (Phi) is 2.99. The molecule has 0 bridgehead atoms. The minimum absolute atomic E-state index is 0.0577. The summed E-state index contributed by atoms with van der Waals surface area (Å²) < 4.78 is 11.3. The number of ketones is 1. The molecular formula is C15H15NO3. The Morgan fingerprint density at radius 3 is 2.84 bits per heavy atom. The van der Waals surface area contributed by atoms with E-state index in [0.717, 1.165) is 24.4 Å². The van der Waals surface area contributed by atoms with Crippen molar-refractivity contribution in [3.05, 3.63) is 47.7 Å². The van der Waals surface area contributed by atoms with Crippen LogP contribution in [0.3, 0.4) is 0 Å². The summed E-state index contributed by atoms with van der Waals surface area (Å²) in [7, 11) is 0. The van der Waals surface area contributed by atoms with Gasteiger partial charge in [-0.05, 0) is 12.1 Å². The zero-order valence-corrected chi connectivity index (χ0v) is 10.8. The monoisotopic (exact) mass is 257 g/mol. The van der Waals surface area contributed by atoms with Crippen LogP contribution in [0.4, 0.5) is 5.88 Å². The van der Waals surface area contributed by atoms with Crippen LogP contribution in [0, 0.1) is 0 Å². The van der Waals surface area contributed by atoms with E-state index >= 15 is 0 Å². The molecule has 1 aliphatic rings. The molecule has 1 aliphatic heterocycles. The SMILES string of the molecule is CC(=O)c1ccc(N2CCOc3ccccc3C2)o1. The van der Waals surface area contributed by atoms with Gasteiger partial charge in [0.1, 0.15) is 12.4 Å². The van der Waals surface area contributed by atoms with Crippen LogP contribution in [0.1, 0.15) is 23.0 Å². The Morgan fingerprint density at radius 2 is 2.05 bits per heavy atom. The lowest BCUT2D eigenvalue weighted by molar-refractivity contribution is 0.0987. The highest BCUT2D eigenvalue weighted by Gasteiger charge is 2.18. The smallest absolute Gasteiger partial charge is 0.196 e. The number of benzene rings is 1. The Balaban J connectivity index is 1.87. The highest BCUT2D eigenvalue weighted by Crippen LogP contribution is 2.27. The van der Waals surface area contributed by atoms with Crippen LogP contribution in [0.15, 0.2) is 40.8 Å². The van der Waals surface area contributed by atoms with Crippen LogP contribution in [0.5, 0.6) is 5.75 Å². The lowest BCUT2D eigenvalue weighted by Crippen LogP contribution is -2.24. The molecule has 0 atom stereocenters. The Bertz CT molecular complexity index is 603. The van der Waals surface area contributed by atoms with E-state index in [1.165, 1.54) is 6.92 Å². The van der Waals surface area contributed by atoms with Gasteiger partial charge in [0.2, 0.25) is 0 Å². The van der Waals surface area contributed by atoms with Crippen molar-refractivity contribution in [1.82, 2.24) is 0 Å². The second kappa shape index (κ2) is 4.80. The normalized spacial score (nSPS) is 14.5. The van der Waals surface area contributed by atoms with E-state index in [9.17, 15) is 4.79 Å². The standard InChI is InChI=1S/C15H15NO3/c1-11(17)13-6-7-15(19-13)16-8-9-18-14-5-3-2-4-12(14)10-16/h2-7H,8-10H2,1H3. The topological polar surface area (TPSA) is 42.7 Å². The largest absolute Gasteiger partial charge is 0.491 e. The summed E-state index contributed by atoms with van der Waals surface area (Å²) in [6.07, 6.45) is 0. The number of carbonyl (C=O) groups is 1. The van der Waals surface area contributed by atoms with Gasteiger partial charge < -0.3 is 14.1 Å². The van der Waals surface area contributed by atoms with E-state index < -0.39 is 0 Å². The van der Waals surface area contributed by atoms with Crippen molar-refractivity contribution in [2.75, 3.05) is 18.1 Å². The molecule has 0 saturated carbocycles. The number of carbonyl (C=O) groups excluding carboxylic acids is 1. The third-order valence-corrected chi connectivity index (χ3v) is 3.20. The number of nitrogens with zero attached hydrogens (tertiary/aromatic N) is 1. The summed E-state index contributed by atoms with van der Waals surface area (Å²) in [5.74, 6) is 1.97. The van der Waals surface area contributed by atoms with Gasteiger partial charge in [-0.15, -0.1) is 0 Å². The van der Waals surface area contributed by atoms with Crippen molar-refractivity contribution >= 4 is 11.7 Å². The van der Waals surface area contributed by atoms with Crippen LogP contribution < -0.4 is 9.64 Å². The van der Waals surface area contributed by atoms with E-state index in [-0.39, 0.29) is 5.78 Å². The first kappa shape index (κ1) is 11.8. The van der Waals surface area contributed by atoms with Gasteiger partial charge in [0.15, 0.2) is 17.4 Å². The molecule has 0 N–H and O–H groups in total. The first-order valence-electron chi connectivity index (χ1n) is 6.30. The van der Waals surface area contributed by atoms with E-state index in [1.807, 2.05) is 30.3 Å². The van der Waals surface area contributed by atoms with Crippen molar-refractivity contribution in [2.45, 2.75) is 13.5 Å². The molecule has 0 fully saturated rings. The highest BCUT2D eigenvalue weighted by atomic mass is 16.5. The molecular weight excluding hydrogens is 242 g/mol. The third-order valence-electron chi connectivity index (χ3n) is 3.20. The lowest BCUT2D eigenvalue weighted by atomic mass is 10.2. The van der Waals surface area contributed by atoms with Crippen LogP contribution >= 0.6 is 0 Å². The zero-order valence-electron chi connectivity index (χ0n) is 10.8. The Morgan fingerprint density at radius 1 is 1.21 bits per heavy atom. The number of ether oxygens (including phenoxy) is 1. The van der Waals surface area contributed by atoms with Gasteiger partial charge >= 0.3 is 0 Å². The quantitative estimate of drug-likeness (QED) is 0.776. The maximum atomic E-state index is 11.3. The van der Waals surface area contributed by atoms with Gasteiger partial charge in [0, 0.05) is 25.1 Å². The minimum Gasteiger partial charge on any atom is -0.491 e. The molecule has 2 aromatic rings. The minimum atomic E-state index is -0.0577. The van der Waals surface area contributed by atoms with E-state index in [0.29, 0.717) is 18.3 Å². The lowest BCUT2D eigenvalue weighted by Gasteiger charge is -2.18. The number of furan rings is 1. The molecule has 0 radical (unpaired) electrons. The number of rotatable bonds is 2. The van der Waals surface area contributed by atoms with Crippen LogP contribution in [-0.4, -0.2) is 18.9 Å². The first-order valence-corrected chi connectivity index (χ1v) is 6.30.